The van der Waals surface area contributed by atoms with Gasteiger partial charge in [-0.1, -0.05) is 22.9 Å². The van der Waals surface area contributed by atoms with Crippen LogP contribution in [0.4, 0.5) is 0 Å². The van der Waals surface area contributed by atoms with E-state index in [1.807, 2.05) is 6.92 Å². The average Bonchev–Trinajstić information content (AvgIpc) is 2.76. The van der Waals surface area contributed by atoms with Gasteiger partial charge in [0.05, 0.1) is 11.4 Å². The third-order valence-electron chi connectivity index (χ3n) is 2.72. The van der Waals surface area contributed by atoms with Crippen molar-refractivity contribution in [1.82, 2.24) is 4.90 Å². The van der Waals surface area contributed by atoms with Crippen LogP contribution in [0.5, 0.6) is 0 Å². The molecule has 0 radical (unpaired) electrons. The minimum absolute atomic E-state index is 0.00180. The summed E-state index contributed by atoms with van der Waals surface area (Å²) in [5.41, 5.74) is 0. The van der Waals surface area contributed by atoms with E-state index in [4.69, 9.17) is 4.74 Å². The molecular formula is C11H18BrNO3. The SMILES string of the molecule is CCOC(=O)C1CCCN1C(=O)C(Br)CC. The normalized spacial score (nSPS) is 21.9. The Morgan fingerprint density at radius 3 is 2.75 bits per heavy atom. The van der Waals surface area contributed by atoms with E-state index in [9.17, 15) is 9.59 Å². The molecule has 1 amide bonds. The van der Waals surface area contributed by atoms with Crippen LogP contribution in [-0.4, -0.2) is 40.8 Å². The van der Waals surface area contributed by atoms with Crippen LogP contribution < -0.4 is 0 Å². The molecule has 1 saturated heterocycles. The Labute approximate surface area is 104 Å². The summed E-state index contributed by atoms with van der Waals surface area (Å²) >= 11 is 3.32. The number of hydrogen-bond acceptors (Lipinski definition) is 3. The molecule has 0 aliphatic carbocycles. The van der Waals surface area contributed by atoms with Crippen molar-refractivity contribution in [2.45, 2.75) is 44.0 Å². The summed E-state index contributed by atoms with van der Waals surface area (Å²) in [6.07, 6.45) is 2.32. The molecule has 0 bridgehead atoms. The summed E-state index contributed by atoms with van der Waals surface area (Å²) in [6.45, 7) is 4.73. The monoisotopic (exact) mass is 291 g/mol. The summed E-state index contributed by atoms with van der Waals surface area (Å²) in [7, 11) is 0. The minimum Gasteiger partial charge on any atom is -0.464 e. The number of rotatable bonds is 4. The number of likely N-dealkylation sites (tertiary alicyclic amines) is 1. The van der Waals surface area contributed by atoms with Gasteiger partial charge in [0.25, 0.3) is 0 Å². The van der Waals surface area contributed by atoms with Crippen molar-refractivity contribution in [2.75, 3.05) is 13.2 Å². The second-order valence-electron chi connectivity index (χ2n) is 3.82. The molecule has 0 saturated carbocycles. The molecular weight excluding hydrogens is 274 g/mol. The molecule has 2 atom stereocenters. The number of carbonyl (C=O) groups is 2. The van der Waals surface area contributed by atoms with Gasteiger partial charge < -0.3 is 9.64 Å². The van der Waals surface area contributed by atoms with Gasteiger partial charge in [0, 0.05) is 6.54 Å². The van der Waals surface area contributed by atoms with Crippen molar-refractivity contribution in [1.29, 1.82) is 0 Å². The van der Waals surface area contributed by atoms with Crippen LogP contribution in [-0.2, 0) is 14.3 Å². The standard InChI is InChI=1S/C11H18BrNO3/c1-3-8(12)10(14)13-7-5-6-9(13)11(15)16-4-2/h8-9H,3-7H2,1-2H3. The zero-order chi connectivity index (χ0) is 12.1. The van der Waals surface area contributed by atoms with Crippen molar-refractivity contribution in [2.24, 2.45) is 0 Å². The Bertz CT molecular complexity index is 270. The molecule has 0 aromatic rings. The molecule has 1 fully saturated rings. The highest BCUT2D eigenvalue weighted by Crippen LogP contribution is 2.22. The van der Waals surface area contributed by atoms with E-state index in [-0.39, 0.29) is 22.7 Å². The Morgan fingerprint density at radius 1 is 1.50 bits per heavy atom. The molecule has 4 nitrogen and oxygen atoms in total. The van der Waals surface area contributed by atoms with Gasteiger partial charge in [0.1, 0.15) is 6.04 Å². The van der Waals surface area contributed by atoms with Gasteiger partial charge in [-0.25, -0.2) is 4.79 Å². The van der Waals surface area contributed by atoms with E-state index in [0.29, 0.717) is 19.6 Å². The molecule has 1 rings (SSSR count). The van der Waals surface area contributed by atoms with E-state index in [0.717, 1.165) is 12.8 Å². The highest BCUT2D eigenvalue weighted by molar-refractivity contribution is 9.10. The minimum atomic E-state index is -0.376. The number of alkyl halides is 1. The number of hydrogen-bond donors (Lipinski definition) is 0. The second-order valence-corrected chi connectivity index (χ2v) is 4.92. The number of carbonyl (C=O) groups excluding carboxylic acids is 2. The van der Waals surface area contributed by atoms with Gasteiger partial charge in [-0.2, -0.15) is 0 Å². The second kappa shape index (κ2) is 6.23. The number of ether oxygens (including phenoxy) is 1. The summed E-state index contributed by atoms with van der Waals surface area (Å²) < 4.78 is 4.97. The van der Waals surface area contributed by atoms with Crippen molar-refractivity contribution < 1.29 is 14.3 Å². The van der Waals surface area contributed by atoms with E-state index in [1.165, 1.54) is 0 Å². The average molecular weight is 292 g/mol. The fourth-order valence-corrected chi connectivity index (χ4v) is 2.13. The first-order valence-corrected chi connectivity index (χ1v) is 6.64. The molecule has 0 aromatic heterocycles. The Morgan fingerprint density at radius 2 is 2.19 bits per heavy atom. The van der Waals surface area contributed by atoms with Gasteiger partial charge >= 0.3 is 5.97 Å². The predicted molar refractivity (Wildman–Crippen MR) is 64.4 cm³/mol. The van der Waals surface area contributed by atoms with Gasteiger partial charge in [0.15, 0.2) is 0 Å². The van der Waals surface area contributed by atoms with Gasteiger partial charge in [0.2, 0.25) is 5.91 Å². The fourth-order valence-electron chi connectivity index (χ4n) is 1.87. The highest BCUT2D eigenvalue weighted by atomic mass is 79.9. The quantitative estimate of drug-likeness (QED) is 0.585. The first kappa shape index (κ1) is 13.5. The number of nitrogens with zero attached hydrogens (tertiary/aromatic N) is 1. The molecule has 1 heterocycles. The molecule has 0 aromatic carbocycles. The number of amides is 1. The first-order valence-electron chi connectivity index (χ1n) is 5.73. The van der Waals surface area contributed by atoms with Crippen LogP contribution in [0.1, 0.15) is 33.1 Å². The van der Waals surface area contributed by atoms with Crippen LogP contribution in [0.15, 0.2) is 0 Å². The van der Waals surface area contributed by atoms with Crippen LogP contribution in [0.2, 0.25) is 0 Å². The summed E-state index contributed by atoms with van der Waals surface area (Å²) in [4.78, 5) is 25.1. The van der Waals surface area contributed by atoms with E-state index < -0.39 is 0 Å². The number of halogens is 1. The molecule has 1 aliphatic rings. The lowest BCUT2D eigenvalue weighted by Gasteiger charge is -2.24. The molecule has 0 N–H and O–H groups in total. The molecule has 16 heavy (non-hydrogen) atoms. The Hall–Kier alpha value is -0.580. The molecule has 5 heteroatoms. The third-order valence-corrected chi connectivity index (χ3v) is 3.76. The Balaban J connectivity index is 2.65. The predicted octanol–water partition coefficient (Wildman–Crippen LogP) is 1.71. The maximum atomic E-state index is 12.0. The summed E-state index contributed by atoms with van der Waals surface area (Å²) in [5.74, 6) is -0.276. The lowest BCUT2D eigenvalue weighted by Crippen LogP contribution is -2.44. The van der Waals surface area contributed by atoms with Crippen molar-refractivity contribution >= 4 is 27.8 Å². The van der Waals surface area contributed by atoms with Gasteiger partial charge in [-0.05, 0) is 26.2 Å². The van der Waals surface area contributed by atoms with E-state index >= 15 is 0 Å². The first-order chi connectivity index (χ1) is 7.61. The lowest BCUT2D eigenvalue weighted by atomic mass is 10.2. The molecule has 92 valence electrons. The summed E-state index contributed by atoms with van der Waals surface area (Å²) in [6, 6.07) is -0.376. The lowest BCUT2D eigenvalue weighted by molar-refractivity contribution is -0.152. The van der Waals surface area contributed by atoms with Crippen LogP contribution in [0.25, 0.3) is 0 Å². The van der Waals surface area contributed by atoms with Crippen LogP contribution in [0, 0.1) is 0 Å². The molecule has 1 aliphatic heterocycles. The third kappa shape index (κ3) is 2.97. The van der Waals surface area contributed by atoms with E-state index in [2.05, 4.69) is 15.9 Å². The molecule has 0 spiro atoms. The zero-order valence-electron chi connectivity index (χ0n) is 9.74. The van der Waals surface area contributed by atoms with Crippen molar-refractivity contribution in [3.63, 3.8) is 0 Å². The largest absolute Gasteiger partial charge is 0.464 e. The van der Waals surface area contributed by atoms with E-state index in [1.54, 1.807) is 11.8 Å². The zero-order valence-corrected chi connectivity index (χ0v) is 11.3. The Kier molecular flexibility index (Phi) is 5.25. The number of esters is 1. The van der Waals surface area contributed by atoms with Gasteiger partial charge in [-0.15, -0.1) is 0 Å². The maximum Gasteiger partial charge on any atom is 0.328 e. The van der Waals surface area contributed by atoms with Gasteiger partial charge in [-0.3, -0.25) is 4.79 Å². The van der Waals surface area contributed by atoms with Crippen molar-refractivity contribution in [3.8, 4) is 0 Å². The smallest absolute Gasteiger partial charge is 0.328 e. The van der Waals surface area contributed by atoms with Crippen LogP contribution in [0.3, 0.4) is 0 Å². The maximum absolute atomic E-state index is 12.0. The topological polar surface area (TPSA) is 46.6 Å². The van der Waals surface area contributed by atoms with Crippen LogP contribution >= 0.6 is 15.9 Å². The fraction of sp³-hybridized carbons (Fsp3) is 0.818. The highest BCUT2D eigenvalue weighted by Gasteiger charge is 2.36. The summed E-state index contributed by atoms with van der Waals surface area (Å²) in [5, 5.41) is 0. The molecule has 2 unspecified atom stereocenters. The van der Waals surface area contributed by atoms with Crippen molar-refractivity contribution in [3.05, 3.63) is 0 Å².